The summed E-state index contributed by atoms with van der Waals surface area (Å²) in [6.07, 6.45) is 2.97. The van der Waals surface area contributed by atoms with Crippen molar-refractivity contribution in [1.82, 2.24) is 9.55 Å². The maximum Gasteiger partial charge on any atom is 0.265 e. The Bertz CT molecular complexity index is 1540. The van der Waals surface area contributed by atoms with Crippen LogP contribution in [0, 0.1) is 5.82 Å². The van der Waals surface area contributed by atoms with E-state index in [1.54, 1.807) is 48.7 Å². The minimum atomic E-state index is -0.855. The van der Waals surface area contributed by atoms with E-state index in [0.29, 0.717) is 38.3 Å². The van der Waals surface area contributed by atoms with Gasteiger partial charge in [-0.1, -0.05) is 18.2 Å². The average molecular weight is 490 g/mol. The first-order chi connectivity index (χ1) is 16.9. The molecule has 7 nitrogen and oxygen atoms in total. The first kappa shape index (κ1) is 22.7. The molecular weight excluding hydrogens is 469 g/mol. The quantitative estimate of drug-likeness (QED) is 0.292. The molecule has 2 aromatic heterocycles. The second-order valence-electron chi connectivity index (χ2n) is 8.10. The molecule has 0 fully saturated rings. The number of benzene rings is 2. The van der Waals surface area contributed by atoms with Gasteiger partial charge in [0.15, 0.2) is 12.4 Å². The lowest BCUT2D eigenvalue weighted by Crippen LogP contribution is -2.39. The number of carbonyl (C=O) groups is 2. The van der Waals surface area contributed by atoms with Gasteiger partial charge < -0.3 is 9.64 Å². The van der Waals surface area contributed by atoms with Gasteiger partial charge in [-0.2, -0.15) is 0 Å². The lowest BCUT2D eigenvalue weighted by molar-refractivity contribution is -0.121. The average Bonchev–Trinajstić information content (AvgIpc) is 3.30. The van der Waals surface area contributed by atoms with Gasteiger partial charge in [0.2, 0.25) is 0 Å². The summed E-state index contributed by atoms with van der Waals surface area (Å²) in [7, 11) is 0. The van der Waals surface area contributed by atoms with E-state index in [-0.39, 0.29) is 36.2 Å². The topological polar surface area (TPSA) is 81.5 Å². The maximum absolute atomic E-state index is 13.5. The van der Waals surface area contributed by atoms with Crippen LogP contribution < -0.4 is 15.2 Å². The largest absolute Gasteiger partial charge is 0.482 e. The van der Waals surface area contributed by atoms with E-state index in [1.807, 2.05) is 0 Å². The molecule has 1 aliphatic rings. The Balaban J connectivity index is 1.53. The monoisotopic (exact) mass is 489 g/mol. The predicted molar refractivity (Wildman–Crippen MR) is 133 cm³/mol. The first-order valence-electron chi connectivity index (χ1n) is 10.9. The molecule has 0 bridgehead atoms. The zero-order valence-corrected chi connectivity index (χ0v) is 19.5. The van der Waals surface area contributed by atoms with E-state index in [2.05, 4.69) is 11.6 Å². The fourth-order valence-corrected chi connectivity index (χ4v) is 5.02. The van der Waals surface area contributed by atoms with Crippen molar-refractivity contribution in [2.45, 2.75) is 13.0 Å². The van der Waals surface area contributed by atoms with Crippen molar-refractivity contribution in [3.63, 3.8) is 0 Å². The molecule has 1 atom stereocenters. The van der Waals surface area contributed by atoms with Gasteiger partial charge in [0.1, 0.15) is 16.4 Å². The number of thiophene rings is 1. The van der Waals surface area contributed by atoms with E-state index in [4.69, 9.17) is 4.74 Å². The molecule has 1 unspecified atom stereocenters. The highest BCUT2D eigenvalue weighted by atomic mass is 32.1. The smallest absolute Gasteiger partial charge is 0.265 e. The molecule has 0 saturated heterocycles. The van der Waals surface area contributed by atoms with Gasteiger partial charge in [0, 0.05) is 23.1 Å². The molecule has 9 heteroatoms. The van der Waals surface area contributed by atoms with Gasteiger partial charge in [0.25, 0.3) is 11.5 Å². The second-order valence-corrected chi connectivity index (χ2v) is 8.96. The summed E-state index contributed by atoms with van der Waals surface area (Å²) in [4.78, 5) is 45.6. The highest BCUT2D eigenvalue weighted by Crippen LogP contribution is 2.34. The molecule has 176 valence electrons. The van der Waals surface area contributed by atoms with E-state index < -0.39 is 6.04 Å². The van der Waals surface area contributed by atoms with Crippen LogP contribution in [0.15, 0.2) is 71.6 Å². The fourth-order valence-electron chi connectivity index (χ4n) is 4.12. The van der Waals surface area contributed by atoms with Crippen molar-refractivity contribution >= 4 is 38.9 Å². The Morgan fingerprint density at radius 2 is 2.03 bits per heavy atom. The Labute approximate surface area is 203 Å². The molecule has 0 aliphatic carbocycles. The normalized spacial score (nSPS) is 13.9. The summed E-state index contributed by atoms with van der Waals surface area (Å²) in [5.74, 6) is -0.414. The third-order valence-corrected chi connectivity index (χ3v) is 6.86. The summed E-state index contributed by atoms with van der Waals surface area (Å²) in [5, 5.41) is 2.18. The number of carbonyl (C=O) groups excluding carboxylic acids is 2. The van der Waals surface area contributed by atoms with E-state index in [9.17, 15) is 18.8 Å². The summed E-state index contributed by atoms with van der Waals surface area (Å²) in [6.45, 7) is 5.52. The highest BCUT2D eigenvalue weighted by Gasteiger charge is 2.27. The first-order valence-corrected chi connectivity index (χ1v) is 11.7. The van der Waals surface area contributed by atoms with E-state index in [0.717, 1.165) is 0 Å². The Hall–Kier alpha value is -4.11. The van der Waals surface area contributed by atoms with Gasteiger partial charge in [-0.25, -0.2) is 9.37 Å². The highest BCUT2D eigenvalue weighted by molar-refractivity contribution is 7.17. The van der Waals surface area contributed by atoms with Crippen LogP contribution in [-0.4, -0.2) is 34.4 Å². The third-order valence-electron chi connectivity index (χ3n) is 5.97. The van der Waals surface area contributed by atoms with Gasteiger partial charge in [-0.3, -0.25) is 19.0 Å². The Morgan fingerprint density at radius 1 is 1.26 bits per heavy atom. The number of ketones is 1. The van der Waals surface area contributed by atoms with Crippen LogP contribution in [0.25, 0.3) is 21.3 Å². The molecule has 5 rings (SSSR count). The number of ether oxygens (including phenoxy) is 1. The lowest BCUT2D eigenvalue weighted by atomic mass is 10.0. The number of amides is 1. The van der Waals surface area contributed by atoms with Crippen molar-refractivity contribution in [2.75, 3.05) is 18.1 Å². The van der Waals surface area contributed by atoms with Crippen LogP contribution >= 0.6 is 11.3 Å². The number of nitrogens with zero attached hydrogens (tertiary/aromatic N) is 3. The number of Topliss-reactive ketones (excluding diaryl/α,β-unsaturated/α-hetero) is 1. The van der Waals surface area contributed by atoms with Gasteiger partial charge in [-0.05, 0) is 42.8 Å². The van der Waals surface area contributed by atoms with Crippen molar-refractivity contribution in [1.29, 1.82) is 0 Å². The number of rotatable bonds is 6. The number of halogens is 1. The molecule has 2 aromatic carbocycles. The number of fused-ring (bicyclic) bond motifs is 2. The molecule has 0 radical (unpaired) electrons. The van der Waals surface area contributed by atoms with Gasteiger partial charge in [-0.15, -0.1) is 17.9 Å². The SMILES string of the molecule is C=CCN1C(=O)COc2ccc(C(=O)C(C)n3cnc4scc(-c5ccc(F)cc5)c4c3=O)cc21. The third kappa shape index (κ3) is 3.93. The molecule has 0 N–H and O–H groups in total. The van der Waals surface area contributed by atoms with Crippen LogP contribution in [0.5, 0.6) is 5.75 Å². The van der Waals surface area contributed by atoms with Crippen molar-refractivity contribution in [3.05, 3.63) is 88.6 Å². The van der Waals surface area contributed by atoms with E-state index >= 15 is 0 Å². The van der Waals surface area contributed by atoms with Crippen LogP contribution in [0.2, 0.25) is 0 Å². The summed E-state index contributed by atoms with van der Waals surface area (Å²) in [6, 6.07) is 9.88. The zero-order valence-electron chi connectivity index (χ0n) is 18.7. The van der Waals surface area contributed by atoms with Crippen molar-refractivity contribution in [2.24, 2.45) is 0 Å². The van der Waals surface area contributed by atoms with Gasteiger partial charge in [0.05, 0.1) is 23.4 Å². The number of hydrogen-bond donors (Lipinski definition) is 0. The summed E-state index contributed by atoms with van der Waals surface area (Å²) < 4.78 is 20.2. The van der Waals surface area contributed by atoms with Crippen LogP contribution in [-0.2, 0) is 4.79 Å². The molecule has 1 aliphatic heterocycles. The minimum absolute atomic E-state index is 0.0807. The minimum Gasteiger partial charge on any atom is -0.482 e. The number of aromatic nitrogens is 2. The van der Waals surface area contributed by atoms with Crippen LogP contribution in [0.1, 0.15) is 23.3 Å². The molecule has 35 heavy (non-hydrogen) atoms. The number of anilines is 1. The molecule has 0 saturated carbocycles. The molecule has 1 amide bonds. The molecule has 3 heterocycles. The Kier molecular flexibility index (Phi) is 5.78. The summed E-state index contributed by atoms with van der Waals surface area (Å²) >= 11 is 1.31. The maximum atomic E-state index is 13.5. The van der Waals surface area contributed by atoms with E-state index in [1.165, 1.54) is 39.3 Å². The van der Waals surface area contributed by atoms with Crippen LogP contribution in [0.4, 0.5) is 10.1 Å². The molecular formula is C26H20FN3O4S. The second kappa shape index (κ2) is 8.92. The Morgan fingerprint density at radius 3 is 2.77 bits per heavy atom. The molecule has 0 spiro atoms. The van der Waals surface area contributed by atoms with Crippen molar-refractivity contribution < 1.29 is 18.7 Å². The lowest BCUT2D eigenvalue weighted by Gasteiger charge is -2.29. The van der Waals surface area contributed by atoms with Gasteiger partial charge >= 0.3 is 0 Å². The summed E-state index contributed by atoms with van der Waals surface area (Å²) in [5.41, 5.74) is 1.79. The van der Waals surface area contributed by atoms with Crippen molar-refractivity contribution in [3.8, 4) is 16.9 Å². The number of hydrogen-bond acceptors (Lipinski definition) is 6. The zero-order chi connectivity index (χ0) is 24.7. The standard InChI is InChI=1S/C26H20FN3O4S/c1-3-10-29-20-11-17(6-9-21(20)34-12-22(29)31)24(32)15(2)30-14-28-25-23(26(30)33)19(13-35-25)16-4-7-18(27)8-5-16/h3-9,11,13-15H,1,10,12H2,2H3. The van der Waals surface area contributed by atoms with Crippen LogP contribution in [0.3, 0.4) is 0 Å². The molecule has 4 aromatic rings. The predicted octanol–water partition coefficient (Wildman–Crippen LogP) is 4.62. The fraction of sp³-hybridized carbons (Fsp3) is 0.154.